The van der Waals surface area contributed by atoms with Crippen LogP contribution in [0.15, 0.2) is 139 Å². The summed E-state index contributed by atoms with van der Waals surface area (Å²) in [5, 5.41) is 20.4. The van der Waals surface area contributed by atoms with E-state index in [0.717, 1.165) is 16.6 Å². The van der Waals surface area contributed by atoms with Crippen molar-refractivity contribution in [2.24, 2.45) is 0 Å². The molecule has 1 aromatic heterocycles. The molecule has 0 fully saturated rings. The van der Waals surface area contributed by atoms with Crippen molar-refractivity contribution in [2.45, 2.75) is 85.4 Å². The summed E-state index contributed by atoms with van der Waals surface area (Å²) >= 11 is 8.06. The SMILES string of the molecule is BrCc1ccccc1OCc1ccccc1.CC.CC.CC.CC.O=C(O)Cc1ccccc1OCc1ccccc1.[CH3-].[CH3-].[Na+].[O-][n+]1ccccc1[S-].[Y].[Y]. The molecule has 0 unspecified atom stereocenters. The summed E-state index contributed by atoms with van der Waals surface area (Å²) in [6, 6.07) is 40.2. The fraction of sp³-hybridized carbons (Fsp3) is 0.273. The Morgan fingerprint density at radius 3 is 1.31 bits per heavy atom. The van der Waals surface area contributed by atoms with Crippen LogP contribution >= 0.6 is 15.9 Å². The number of para-hydroxylation sites is 2. The van der Waals surface area contributed by atoms with E-state index in [0.29, 0.717) is 34.3 Å². The molecule has 0 atom stereocenters. The molecule has 294 valence electrons. The maximum atomic E-state index is 10.7. The maximum Gasteiger partial charge on any atom is 1.00 e. The number of rotatable bonds is 9. The topological polar surface area (TPSA) is 82.7 Å². The minimum absolute atomic E-state index is 0. The number of hydrogen-bond acceptors (Lipinski definition) is 5. The van der Waals surface area contributed by atoms with Crippen LogP contribution in [-0.2, 0) is 108 Å². The van der Waals surface area contributed by atoms with Crippen LogP contribution in [0.25, 0.3) is 0 Å². The number of alkyl halides is 1. The summed E-state index contributed by atoms with van der Waals surface area (Å²) in [5.41, 5.74) is 4.12. The first kappa shape index (κ1) is 68.5. The molecule has 4 aromatic carbocycles. The Labute approximate surface area is 421 Å². The fourth-order valence-electron chi connectivity index (χ4n) is 3.59. The predicted molar refractivity (Wildman–Crippen MR) is 228 cm³/mol. The number of nitrogens with zero attached hydrogens (tertiary/aromatic N) is 1. The van der Waals surface area contributed by atoms with Crippen molar-refractivity contribution in [1.29, 1.82) is 0 Å². The summed E-state index contributed by atoms with van der Waals surface area (Å²) < 4.78 is 12.1. The van der Waals surface area contributed by atoms with Gasteiger partial charge < -0.3 is 47.3 Å². The van der Waals surface area contributed by atoms with E-state index in [-0.39, 0.29) is 116 Å². The van der Waals surface area contributed by atoms with Crippen molar-refractivity contribution >= 4 is 34.5 Å². The van der Waals surface area contributed by atoms with Gasteiger partial charge in [0.25, 0.3) is 0 Å². The van der Waals surface area contributed by atoms with E-state index in [9.17, 15) is 10.0 Å². The number of aromatic nitrogens is 1. The number of carboxylic acids is 1. The third-order valence-electron chi connectivity index (χ3n) is 5.69. The zero-order valence-corrected chi connectivity index (χ0v) is 45.1. The number of halogens is 1. The van der Waals surface area contributed by atoms with Gasteiger partial charge in [0.1, 0.15) is 24.7 Å². The van der Waals surface area contributed by atoms with Crippen LogP contribution in [0.1, 0.15) is 77.6 Å². The first-order valence-corrected chi connectivity index (χ1v) is 18.6. The number of hydrogen-bond donors (Lipinski definition) is 1. The molecular formula is C44H61BrNNaO5SY2-2. The number of carboxylic acid groups (broad SMARTS) is 1. The molecule has 0 spiro atoms. The normalized spacial score (nSPS) is 7.95. The summed E-state index contributed by atoms with van der Waals surface area (Å²) in [4.78, 5) is 10.7. The molecule has 0 saturated heterocycles. The first-order valence-electron chi connectivity index (χ1n) is 17.1. The van der Waals surface area contributed by atoms with E-state index in [1.54, 1.807) is 30.3 Å². The third kappa shape index (κ3) is 33.5. The Hall–Kier alpha value is -1.19. The zero-order valence-electron chi connectivity index (χ0n) is 35.0. The van der Waals surface area contributed by atoms with Crippen LogP contribution in [0.5, 0.6) is 11.5 Å². The molecule has 2 radical (unpaired) electrons. The fourth-order valence-corrected chi connectivity index (χ4v) is 4.19. The minimum Gasteiger partial charge on any atom is -0.709 e. The van der Waals surface area contributed by atoms with Gasteiger partial charge in [0.05, 0.1) is 11.4 Å². The van der Waals surface area contributed by atoms with Gasteiger partial charge in [-0.1, -0.05) is 174 Å². The Bertz CT molecular complexity index is 1500. The molecule has 0 bridgehead atoms. The van der Waals surface area contributed by atoms with Gasteiger partial charge >= 0.3 is 35.5 Å². The molecule has 5 rings (SSSR count). The van der Waals surface area contributed by atoms with E-state index in [2.05, 4.69) is 46.8 Å². The molecule has 0 aliphatic rings. The van der Waals surface area contributed by atoms with Gasteiger partial charge in [0.2, 0.25) is 0 Å². The van der Waals surface area contributed by atoms with Crippen LogP contribution in [0.2, 0.25) is 0 Å². The van der Waals surface area contributed by atoms with Crippen molar-refractivity contribution < 1.29 is 119 Å². The number of carbonyl (C=O) groups is 1. The molecule has 0 saturated carbocycles. The molecule has 11 heteroatoms. The summed E-state index contributed by atoms with van der Waals surface area (Å²) in [6.45, 7) is 17.1. The average molecular weight is 997 g/mol. The molecule has 5 aromatic rings. The number of benzene rings is 4. The molecule has 0 aliphatic heterocycles. The van der Waals surface area contributed by atoms with Crippen molar-refractivity contribution in [3.63, 3.8) is 0 Å². The van der Waals surface area contributed by atoms with Crippen molar-refractivity contribution in [3.8, 4) is 11.5 Å². The maximum absolute atomic E-state index is 10.7. The second-order valence-electron chi connectivity index (χ2n) is 8.83. The van der Waals surface area contributed by atoms with Crippen LogP contribution in [0.3, 0.4) is 0 Å². The quantitative estimate of drug-likeness (QED) is 0.0396. The van der Waals surface area contributed by atoms with Crippen LogP contribution in [0, 0.1) is 20.1 Å². The third-order valence-corrected chi connectivity index (χ3v) is 6.61. The smallest absolute Gasteiger partial charge is 0.709 e. The van der Waals surface area contributed by atoms with E-state index in [4.69, 9.17) is 14.6 Å². The molecule has 6 nitrogen and oxygen atoms in total. The van der Waals surface area contributed by atoms with Crippen molar-refractivity contribution in [1.82, 2.24) is 0 Å². The minimum atomic E-state index is -0.856. The monoisotopic (exact) mass is 995 g/mol. The molecule has 0 aliphatic carbocycles. The van der Waals surface area contributed by atoms with Gasteiger partial charge in [-0.05, 0) is 29.3 Å². The largest absolute Gasteiger partial charge is 1.00 e. The van der Waals surface area contributed by atoms with Gasteiger partial charge in [-0.15, -0.1) is 0 Å². The first-order chi connectivity index (χ1) is 24.5. The van der Waals surface area contributed by atoms with Gasteiger partial charge in [0, 0.05) is 87.9 Å². The van der Waals surface area contributed by atoms with E-state index < -0.39 is 5.97 Å². The number of ether oxygens (including phenoxy) is 2. The van der Waals surface area contributed by atoms with Gasteiger partial charge in [-0.3, -0.25) is 4.79 Å². The second-order valence-corrected chi connectivity index (χ2v) is 9.81. The van der Waals surface area contributed by atoms with Crippen molar-refractivity contribution in [3.05, 3.63) is 176 Å². The molecule has 1 N–H and O–H groups in total. The van der Waals surface area contributed by atoms with E-state index in [1.807, 2.05) is 134 Å². The van der Waals surface area contributed by atoms with Gasteiger partial charge in [0.15, 0.2) is 6.20 Å². The predicted octanol–water partition coefficient (Wildman–Crippen LogP) is 9.28. The van der Waals surface area contributed by atoms with E-state index in [1.165, 1.54) is 17.3 Å². The van der Waals surface area contributed by atoms with Crippen LogP contribution < -0.4 is 43.8 Å². The Morgan fingerprint density at radius 2 is 0.964 bits per heavy atom. The van der Waals surface area contributed by atoms with Gasteiger partial charge in [-0.25, -0.2) is 0 Å². The Balaban J connectivity index is -0.000000115. The summed E-state index contributed by atoms with van der Waals surface area (Å²) in [5.74, 6) is 0.720. The molecule has 55 heavy (non-hydrogen) atoms. The molecule has 0 amide bonds. The average Bonchev–Trinajstić information content (AvgIpc) is 3.19. The zero-order chi connectivity index (χ0) is 38.0. The Morgan fingerprint density at radius 1 is 0.618 bits per heavy atom. The summed E-state index contributed by atoms with van der Waals surface area (Å²) in [7, 11) is 0. The van der Waals surface area contributed by atoms with Crippen LogP contribution in [0.4, 0.5) is 0 Å². The van der Waals surface area contributed by atoms with Gasteiger partial charge in [-0.2, -0.15) is 4.73 Å². The summed E-state index contributed by atoms with van der Waals surface area (Å²) in [6.07, 6.45) is 1.35. The molecule has 1 heterocycles. The number of aliphatic carboxylic acids is 1. The van der Waals surface area contributed by atoms with Crippen LogP contribution in [-0.4, -0.2) is 11.1 Å². The van der Waals surface area contributed by atoms with E-state index >= 15 is 0 Å². The second kappa shape index (κ2) is 49.0. The Kier molecular flexibility index (Phi) is 61.0. The molecular weight excluding hydrogens is 935 g/mol. The van der Waals surface area contributed by atoms with Crippen molar-refractivity contribution in [2.75, 3.05) is 0 Å². The number of pyridine rings is 1. The standard InChI is InChI=1S/C15H14O3.C14H13BrO.C5H5NOS.4C2H6.2CH3.Na.2Y/c16-15(17)10-13-8-4-5-9-14(13)18-11-12-6-2-1-3-7-12;15-10-13-8-4-5-9-14(13)16-11-12-6-2-1-3-7-12;7-6-4-2-1-3-5(6)8;4*1-2;;;;;/h1-9H,10-11H2,(H,16,17);1-9H,10-11H2;1-4,8H;4*1-2H3;2*1H3;;;/q;;;;;;;2*-1;+1;;/p-1.